The number of aromatic nitrogens is 2. The van der Waals surface area contributed by atoms with E-state index in [1.54, 1.807) is 6.20 Å². The molecule has 0 aliphatic carbocycles. The Hall–Kier alpha value is -2.18. The van der Waals surface area contributed by atoms with Gasteiger partial charge in [0.1, 0.15) is 5.82 Å². The number of piperidine rings is 1. The second kappa shape index (κ2) is 7.80. The van der Waals surface area contributed by atoms with Crippen LogP contribution in [-0.2, 0) is 9.59 Å². The summed E-state index contributed by atoms with van der Waals surface area (Å²) in [5.41, 5.74) is 0. The molecule has 2 fully saturated rings. The molecule has 3 heterocycles. The van der Waals surface area contributed by atoms with E-state index in [0.29, 0.717) is 24.9 Å². The molecule has 3 rings (SSSR count). The molecule has 2 saturated heterocycles. The first-order chi connectivity index (χ1) is 12.0. The highest BCUT2D eigenvalue weighted by Gasteiger charge is 2.37. The van der Waals surface area contributed by atoms with Gasteiger partial charge in [0.25, 0.3) is 0 Å². The topological polar surface area (TPSA) is 78.4 Å². The number of carbonyl (C=O) groups is 2. The van der Waals surface area contributed by atoms with Crippen molar-refractivity contribution in [2.45, 2.75) is 39.2 Å². The second-order valence-corrected chi connectivity index (χ2v) is 7.45. The first-order valence-corrected chi connectivity index (χ1v) is 9.13. The van der Waals surface area contributed by atoms with E-state index in [0.717, 1.165) is 38.3 Å². The van der Waals surface area contributed by atoms with Crippen molar-refractivity contribution in [3.63, 3.8) is 0 Å². The number of likely N-dealkylation sites (tertiary alicyclic amines) is 2. The molecule has 0 bridgehead atoms. The average molecular weight is 345 g/mol. The maximum Gasteiger partial charge on any atom is 0.227 e. The van der Waals surface area contributed by atoms with E-state index >= 15 is 0 Å². The Morgan fingerprint density at radius 2 is 2.12 bits per heavy atom. The lowest BCUT2D eigenvalue weighted by Crippen LogP contribution is -2.45. The van der Waals surface area contributed by atoms with Gasteiger partial charge in [0.05, 0.1) is 5.92 Å². The first-order valence-electron chi connectivity index (χ1n) is 9.13. The van der Waals surface area contributed by atoms with Crippen LogP contribution in [0.1, 0.15) is 33.1 Å². The Morgan fingerprint density at radius 3 is 2.76 bits per heavy atom. The molecule has 0 radical (unpaired) electrons. The van der Waals surface area contributed by atoms with Crippen molar-refractivity contribution < 1.29 is 9.59 Å². The van der Waals surface area contributed by atoms with Crippen molar-refractivity contribution in [2.75, 3.05) is 31.5 Å². The standard InChI is InChI=1S/C18H27N5O2/c1-13(2)11-23-12-14(10-17(23)24)18(25)22-8-5-15(6-9-22)20-16-4-3-7-19-21-16/h3-4,7,13-15H,5-6,8-12H2,1-2H3,(H,20,21)/t14-/m1/s1. The van der Waals surface area contributed by atoms with Crippen LogP contribution in [0.25, 0.3) is 0 Å². The fraction of sp³-hybridized carbons (Fsp3) is 0.667. The molecule has 2 aliphatic rings. The SMILES string of the molecule is CC(C)CN1C[C@H](C(=O)N2CCC(Nc3cccnn3)CC2)CC1=O. The molecule has 2 aliphatic heterocycles. The van der Waals surface area contributed by atoms with Gasteiger partial charge in [-0.3, -0.25) is 9.59 Å². The summed E-state index contributed by atoms with van der Waals surface area (Å²) >= 11 is 0. The third-order valence-corrected chi connectivity index (χ3v) is 4.88. The third kappa shape index (κ3) is 4.46. The lowest BCUT2D eigenvalue weighted by Gasteiger charge is -2.34. The van der Waals surface area contributed by atoms with E-state index < -0.39 is 0 Å². The van der Waals surface area contributed by atoms with Gasteiger partial charge in [-0.05, 0) is 30.9 Å². The van der Waals surface area contributed by atoms with Gasteiger partial charge in [-0.2, -0.15) is 5.10 Å². The molecule has 1 atom stereocenters. The number of nitrogens with one attached hydrogen (secondary N) is 1. The van der Waals surface area contributed by atoms with Crippen molar-refractivity contribution >= 4 is 17.6 Å². The highest BCUT2D eigenvalue weighted by Crippen LogP contribution is 2.23. The van der Waals surface area contributed by atoms with Crippen molar-refractivity contribution in [3.05, 3.63) is 18.3 Å². The van der Waals surface area contributed by atoms with E-state index in [9.17, 15) is 9.59 Å². The van der Waals surface area contributed by atoms with Crippen LogP contribution in [0.15, 0.2) is 18.3 Å². The fourth-order valence-corrected chi connectivity index (χ4v) is 3.64. The number of amides is 2. The van der Waals surface area contributed by atoms with E-state index in [1.807, 2.05) is 21.9 Å². The minimum absolute atomic E-state index is 0.117. The van der Waals surface area contributed by atoms with Crippen LogP contribution in [0.2, 0.25) is 0 Å². The molecule has 0 aromatic carbocycles. The van der Waals surface area contributed by atoms with Gasteiger partial charge in [0.2, 0.25) is 11.8 Å². The number of carbonyl (C=O) groups excluding carboxylic acids is 2. The van der Waals surface area contributed by atoms with Crippen LogP contribution in [0.5, 0.6) is 0 Å². The van der Waals surface area contributed by atoms with E-state index in [2.05, 4.69) is 29.4 Å². The van der Waals surface area contributed by atoms with Gasteiger partial charge in [0.15, 0.2) is 0 Å². The van der Waals surface area contributed by atoms with Crippen LogP contribution >= 0.6 is 0 Å². The molecule has 136 valence electrons. The first kappa shape index (κ1) is 17.6. The summed E-state index contributed by atoms with van der Waals surface area (Å²) in [6.45, 7) is 6.96. The molecule has 0 spiro atoms. The maximum absolute atomic E-state index is 12.7. The summed E-state index contributed by atoms with van der Waals surface area (Å²) < 4.78 is 0. The molecule has 1 aromatic heterocycles. The zero-order chi connectivity index (χ0) is 17.8. The van der Waals surface area contributed by atoms with Crippen molar-refractivity contribution in [1.29, 1.82) is 0 Å². The Kier molecular flexibility index (Phi) is 5.50. The highest BCUT2D eigenvalue weighted by atomic mass is 16.2. The van der Waals surface area contributed by atoms with Crippen molar-refractivity contribution in [3.8, 4) is 0 Å². The summed E-state index contributed by atoms with van der Waals surface area (Å²) in [6, 6.07) is 4.06. The fourth-order valence-electron chi connectivity index (χ4n) is 3.64. The number of hydrogen-bond acceptors (Lipinski definition) is 5. The quantitative estimate of drug-likeness (QED) is 0.872. The van der Waals surface area contributed by atoms with Gasteiger partial charge in [-0.1, -0.05) is 13.8 Å². The molecule has 0 unspecified atom stereocenters. The number of hydrogen-bond donors (Lipinski definition) is 1. The number of nitrogens with zero attached hydrogens (tertiary/aromatic N) is 4. The molecule has 7 heteroatoms. The summed E-state index contributed by atoms with van der Waals surface area (Å²) in [6.07, 6.45) is 3.79. The van der Waals surface area contributed by atoms with Gasteiger partial charge in [0, 0.05) is 44.8 Å². The van der Waals surface area contributed by atoms with Crippen LogP contribution in [0.3, 0.4) is 0 Å². The molecule has 1 N–H and O–H groups in total. The van der Waals surface area contributed by atoms with Crippen molar-refractivity contribution in [2.24, 2.45) is 11.8 Å². The van der Waals surface area contributed by atoms with Crippen LogP contribution in [0, 0.1) is 11.8 Å². The van der Waals surface area contributed by atoms with Crippen molar-refractivity contribution in [1.82, 2.24) is 20.0 Å². The Morgan fingerprint density at radius 1 is 1.36 bits per heavy atom. The highest BCUT2D eigenvalue weighted by molar-refractivity contribution is 5.89. The van der Waals surface area contributed by atoms with Crippen LogP contribution in [0.4, 0.5) is 5.82 Å². The molecule has 2 amide bonds. The predicted molar refractivity (Wildman–Crippen MR) is 94.8 cm³/mol. The molecular weight excluding hydrogens is 318 g/mol. The minimum Gasteiger partial charge on any atom is -0.366 e. The summed E-state index contributed by atoms with van der Waals surface area (Å²) in [5, 5.41) is 11.3. The largest absolute Gasteiger partial charge is 0.366 e. The normalized spacial score (nSPS) is 21.9. The monoisotopic (exact) mass is 345 g/mol. The van der Waals surface area contributed by atoms with Gasteiger partial charge < -0.3 is 15.1 Å². The van der Waals surface area contributed by atoms with E-state index in [-0.39, 0.29) is 17.7 Å². The van der Waals surface area contributed by atoms with Crippen LogP contribution in [-0.4, -0.2) is 64.0 Å². The maximum atomic E-state index is 12.7. The zero-order valence-electron chi connectivity index (χ0n) is 15.0. The average Bonchev–Trinajstić information content (AvgIpc) is 2.96. The molecule has 1 aromatic rings. The Balaban J connectivity index is 1.48. The Labute approximate surface area is 148 Å². The molecule has 7 nitrogen and oxygen atoms in total. The second-order valence-electron chi connectivity index (χ2n) is 7.45. The molecule has 0 saturated carbocycles. The summed E-state index contributed by atoms with van der Waals surface area (Å²) in [5.74, 6) is 1.29. The predicted octanol–water partition coefficient (Wildman–Crippen LogP) is 1.38. The summed E-state index contributed by atoms with van der Waals surface area (Å²) in [7, 11) is 0. The van der Waals surface area contributed by atoms with E-state index in [4.69, 9.17) is 0 Å². The van der Waals surface area contributed by atoms with Gasteiger partial charge >= 0.3 is 0 Å². The number of rotatable bonds is 5. The van der Waals surface area contributed by atoms with Gasteiger partial charge in [-0.15, -0.1) is 5.10 Å². The van der Waals surface area contributed by atoms with Gasteiger partial charge in [-0.25, -0.2) is 0 Å². The van der Waals surface area contributed by atoms with Crippen LogP contribution < -0.4 is 5.32 Å². The minimum atomic E-state index is -0.171. The smallest absolute Gasteiger partial charge is 0.227 e. The zero-order valence-corrected chi connectivity index (χ0v) is 15.0. The summed E-state index contributed by atoms with van der Waals surface area (Å²) in [4.78, 5) is 28.6. The lowest BCUT2D eigenvalue weighted by atomic mass is 10.0. The van der Waals surface area contributed by atoms with E-state index in [1.165, 1.54) is 0 Å². The molecule has 25 heavy (non-hydrogen) atoms. The molecular formula is C18H27N5O2. The number of anilines is 1. The third-order valence-electron chi connectivity index (χ3n) is 4.88. The lowest BCUT2D eigenvalue weighted by molar-refractivity contribution is -0.136. The Bertz CT molecular complexity index is 599.